The van der Waals surface area contributed by atoms with E-state index in [1.54, 1.807) is 55.4 Å². The van der Waals surface area contributed by atoms with Crippen molar-refractivity contribution in [2.45, 2.75) is 79.3 Å². The van der Waals surface area contributed by atoms with Gasteiger partial charge in [-0.25, -0.2) is 9.59 Å². The number of carbonyl (C=O) groups excluding carboxylic acids is 4. The number of carboxylic acid groups (broad SMARTS) is 2. The predicted molar refractivity (Wildman–Crippen MR) is 108 cm³/mol. The molecule has 4 amide bonds. The van der Waals surface area contributed by atoms with Crippen LogP contribution in [0.4, 0.5) is 0 Å². The Morgan fingerprint density at radius 3 is 1.03 bits per heavy atom. The molecule has 0 saturated heterocycles. The molecule has 0 rings (SSSR count). The second kappa shape index (κ2) is 16.3. The van der Waals surface area contributed by atoms with Crippen LogP contribution in [0.3, 0.4) is 0 Å². The molecule has 6 N–H and O–H groups in total. The van der Waals surface area contributed by atoms with Gasteiger partial charge in [0, 0.05) is 11.1 Å². The fourth-order valence-corrected chi connectivity index (χ4v) is 2.22. The minimum atomic E-state index is -1.45. The van der Waals surface area contributed by atoms with Crippen LogP contribution in [0.15, 0.2) is 0 Å². The zero-order chi connectivity index (χ0) is 25.4. The Hall–Kier alpha value is -2.47. The molecule has 0 radical (unpaired) electrons. The summed E-state index contributed by atoms with van der Waals surface area (Å²) in [6, 6.07) is 0. The van der Waals surface area contributed by atoms with Crippen molar-refractivity contribution >= 4 is 35.6 Å². The van der Waals surface area contributed by atoms with Crippen molar-refractivity contribution in [3.8, 4) is 0 Å². The molecule has 0 aromatic heterocycles. The maximum absolute atomic E-state index is 10.7. The third-order valence-electron chi connectivity index (χ3n) is 2.41. The van der Waals surface area contributed by atoms with Gasteiger partial charge in [0.25, 0.3) is 0 Å². The normalized spacial score (nSPS) is 9.94. The zero-order valence-electron chi connectivity index (χ0n) is 19.3. The van der Waals surface area contributed by atoms with Crippen LogP contribution in [-0.4, -0.2) is 56.9 Å². The van der Waals surface area contributed by atoms with E-state index in [0.29, 0.717) is 12.8 Å². The van der Waals surface area contributed by atoms with Gasteiger partial charge in [-0.3, -0.25) is 9.59 Å². The van der Waals surface area contributed by atoms with Crippen molar-refractivity contribution in [2.75, 3.05) is 0 Å². The molecular formula is C18H34N4O8Ti. The first-order valence-corrected chi connectivity index (χ1v) is 10.9. The molecule has 12 nitrogen and oxygen atoms in total. The van der Waals surface area contributed by atoms with E-state index in [0.717, 1.165) is 0 Å². The summed E-state index contributed by atoms with van der Waals surface area (Å²) in [5.74, 6) is -4.83. The van der Waals surface area contributed by atoms with Crippen molar-refractivity contribution in [1.29, 1.82) is 0 Å². The number of hydrogen-bond donors (Lipinski definition) is 6. The Bertz CT molecular complexity index is 585. The second-order valence-electron chi connectivity index (χ2n) is 7.95. The molecule has 0 atom stereocenters. The second-order valence-corrected chi connectivity index (χ2v) is 9.12. The van der Waals surface area contributed by atoms with Crippen LogP contribution in [-0.2, 0) is 48.4 Å². The molecular weight excluding hydrogens is 448 g/mol. The fraction of sp³-hybridized carbons (Fsp3) is 0.667. The number of aliphatic carboxylic acids is 2. The SMILES string of the molecule is CC(C)(C)NC(=O)C(=O)O.CC(C)(C)NC(=O)C(=O)O.CCC(=O)[NH][Ti][NH]C(=O)CC. The number of amides is 4. The van der Waals surface area contributed by atoms with E-state index < -0.39 is 54.5 Å². The Morgan fingerprint density at radius 2 is 0.903 bits per heavy atom. The zero-order valence-corrected chi connectivity index (χ0v) is 20.8. The first-order valence-electron chi connectivity index (χ1n) is 9.29. The van der Waals surface area contributed by atoms with Gasteiger partial charge < -0.3 is 20.8 Å². The van der Waals surface area contributed by atoms with E-state index >= 15 is 0 Å². The van der Waals surface area contributed by atoms with E-state index in [4.69, 9.17) is 10.2 Å². The number of carboxylic acids is 2. The Balaban J connectivity index is -0.000000380. The van der Waals surface area contributed by atoms with Crippen molar-refractivity contribution < 1.29 is 58.6 Å². The standard InChI is InChI=1S/2C6H11NO3.2C3H7NO.Ti/c2*1-6(2,3)7-4(8)5(9)10;2*1-2-3(4)5;/h2*1-3H3,(H,7,8)(H,9,10);2*2H2,1H3,(H2,4,5);/q;;;;+2/p-2. The molecule has 0 saturated carbocycles. The maximum atomic E-state index is 10.7. The average Bonchev–Trinajstić information content (AvgIpc) is 2.59. The average molecular weight is 482 g/mol. The summed E-state index contributed by atoms with van der Waals surface area (Å²) in [6.45, 7) is 13.9. The van der Waals surface area contributed by atoms with Crippen molar-refractivity contribution in [1.82, 2.24) is 18.2 Å². The van der Waals surface area contributed by atoms with Crippen LogP contribution in [0.2, 0.25) is 0 Å². The first kappa shape index (κ1) is 33.2. The van der Waals surface area contributed by atoms with Crippen LogP contribution in [0.5, 0.6) is 0 Å². The van der Waals surface area contributed by atoms with Gasteiger partial charge in [-0.1, -0.05) is 0 Å². The summed E-state index contributed by atoms with van der Waals surface area (Å²) >= 11 is -0.791. The third kappa shape index (κ3) is 27.5. The Labute approximate surface area is 191 Å². The van der Waals surface area contributed by atoms with E-state index in [9.17, 15) is 28.8 Å². The van der Waals surface area contributed by atoms with Gasteiger partial charge in [0.05, 0.1) is 0 Å². The van der Waals surface area contributed by atoms with Crippen LogP contribution in [0, 0.1) is 0 Å². The quantitative estimate of drug-likeness (QED) is 0.237. The van der Waals surface area contributed by atoms with Gasteiger partial charge >= 0.3 is 99.1 Å². The minimum absolute atomic E-state index is 0.00130. The molecule has 178 valence electrons. The summed E-state index contributed by atoms with van der Waals surface area (Å²) < 4.78 is 5.30. The molecule has 0 aliphatic heterocycles. The van der Waals surface area contributed by atoms with E-state index in [1.165, 1.54) is 0 Å². The Kier molecular flexibility index (Phi) is 17.4. The summed E-state index contributed by atoms with van der Waals surface area (Å²) in [7, 11) is 0. The Morgan fingerprint density at radius 1 is 0.645 bits per heavy atom. The molecule has 0 bridgehead atoms. The van der Waals surface area contributed by atoms with Gasteiger partial charge in [0.15, 0.2) is 0 Å². The first-order chi connectivity index (χ1) is 13.9. The van der Waals surface area contributed by atoms with Crippen molar-refractivity contribution in [3.63, 3.8) is 0 Å². The number of nitrogens with one attached hydrogen (secondary N) is 4. The molecule has 0 aliphatic carbocycles. The van der Waals surface area contributed by atoms with Gasteiger partial charge in [-0.15, -0.1) is 0 Å². The van der Waals surface area contributed by atoms with Crippen LogP contribution < -0.4 is 18.2 Å². The molecule has 0 heterocycles. The van der Waals surface area contributed by atoms with Gasteiger partial charge in [0.2, 0.25) is 0 Å². The predicted octanol–water partition coefficient (Wildman–Crippen LogP) is -0.0773. The van der Waals surface area contributed by atoms with Gasteiger partial charge in [-0.05, 0) is 41.5 Å². The topological polar surface area (TPSA) is 191 Å². The summed E-state index contributed by atoms with van der Waals surface area (Å²) in [5, 5.41) is 20.8. The molecule has 0 fully saturated rings. The van der Waals surface area contributed by atoms with E-state index in [2.05, 4.69) is 18.2 Å². The number of rotatable bonds is 4. The van der Waals surface area contributed by atoms with Crippen LogP contribution >= 0.6 is 0 Å². The van der Waals surface area contributed by atoms with Crippen LogP contribution in [0.25, 0.3) is 0 Å². The monoisotopic (exact) mass is 482 g/mol. The summed E-state index contributed by atoms with van der Waals surface area (Å²) in [6.07, 6.45) is 0.955. The molecule has 0 unspecified atom stereocenters. The van der Waals surface area contributed by atoms with Gasteiger partial charge in [-0.2, -0.15) is 0 Å². The van der Waals surface area contributed by atoms with Crippen molar-refractivity contribution in [3.05, 3.63) is 0 Å². The molecule has 0 aromatic rings. The van der Waals surface area contributed by atoms with Gasteiger partial charge in [0.1, 0.15) is 0 Å². The van der Waals surface area contributed by atoms with Crippen molar-refractivity contribution in [2.24, 2.45) is 0 Å². The number of carbonyl (C=O) groups is 6. The summed E-state index contributed by atoms with van der Waals surface area (Å²) in [5.41, 5.74) is -0.953. The molecule has 0 spiro atoms. The number of hydrogen-bond acceptors (Lipinski definition) is 6. The summed E-state index contributed by atoms with van der Waals surface area (Å²) in [4.78, 5) is 62.1. The molecule has 0 aromatic carbocycles. The third-order valence-corrected chi connectivity index (χ3v) is 3.67. The molecule has 31 heavy (non-hydrogen) atoms. The van der Waals surface area contributed by atoms with E-state index in [1.807, 2.05) is 0 Å². The molecule has 0 aliphatic rings. The molecule has 13 heteroatoms. The van der Waals surface area contributed by atoms with Crippen LogP contribution in [0.1, 0.15) is 68.2 Å². The fourth-order valence-electron chi connectivity index (χ4n) is 1.14. The van der Waals surface area contributed by atoms with E-state index in [-0.39, 0.29) is 11.8 Å².